The lowest BCUT2D eigenvalue weighted by Gasteiger charge is -2.20. The van der Waals surface area contributed by atoms with Gasteiger partial charge in [-0.3, -0.25) is 9.82 Å². The van der Waals surface area contributed by atoms with Crippen molar-refractivity contribution in [3.8, 4) is 0 Å². The number of hydrogen-bond donors (Lipinski definition) is 1. The van der Waals surface area contributed by atoms with Crippen LogP contribution in [-0.2, 0) is 10.4 Å². The summed E-state index contributed by atoms with van der Waals surface area (Å²) in [5, 5.41) is 0. The Kier molecular flexibility index (Phi) is 2.45. The molecule has 0 aromatic carbocycles. The number of aromatic nitrogens is 1. The maximum atomic E-state index is 5.15. The highest BCUT2D eigenvalue weighted by Gasteiger charge is 2.21. The molecule has 12 heavy (non-hydrogen) atoms. The van der Waals surface area contributed by atoms with Crippen LogP contribution in [0.5, 0.6) is 0 Å². The van der Waals surface area contributed by atoms with Crippen LogP contribution in [0.1, 0.15) is 25.1 Å². The molecule has 3 nitrogen and oxygen atoms in total. The largest absolute Gasteiger partial charge is 0.292 e. The molecule has 0 unspecified atom stereocenters. The first-order valence-corrected chi connectivity index (χ1v) is 3.87. The van der Waals surface area contributed by atoms with Crippen LogP contribution in [0.3, 0.4) is 0 Å². The fourth-order valence-electron chi connectivity index (χ4n) is 0.926. The first-order chi connectivity index (χ1) is 5.56. The van der Waals surface area contributed by atoms with Gasteiger partial charge in [-0.25, -0.2) is 5.90 Å². The number of pyridine rings is 1. The van der Waals surface area contributed by atoms with Crippen molar-refractivity contribution < 1.29 is 4.84 Å². The van der Waals surface area contributed by atoms with E-state index in [0.717, 1.165) is 11.3 Å². The Morgan fingerprint density at radius 2 is 2.17 bits per heavy atom. The van der Waals surface area contributed by atoms with Crippen LogP contribution in [0.25, 0.3) is 0 Å². The Hall–Kier alpha value is -0.930. The maximum absolute atomic E-state index is 5.15. The maximum Gasteiger partial charge on any atom is 0.125 e. The quantitative estimate of drug-likeness (QED) is 0.677. The van der Waals surface area contributed by atoms with Gasteiger partial charge in [-0.2, -0.15) is 0 Å². The summed E-state index contributed by atoms with van der Waals surface area (Å²) in [7, 11) is 0. The van der Waals surface area contributed by atoms with E-state index in [-0.39, 0.29) is 0 Å². The van der Waals surface area contributed by atoms with Crippen LogP contribution in [0, 0.1) is 6.92 Å². The van der Waals surface area contributed by atoms with Gasteiger partial charge >= 0.3 is 0 Å². The highest BCUT2D eigenvalue weighted by atomic mass is 16.6. The van der Waals surface area contributed by atoms with Crippen molar-refractivity contribution in [2.75, 3.05) is 0 Å². The van der Waals surface area contributed by atoms with Crippen LogP contribution < -0.4 is 5.90 Å². The summed E-state index contributed by atoms with van der Waals surface area (Å²) in [6.45, 7) is 5.78. The van der Waals surface area contributed by atoms with Gasteiger partial charge in [-0.1, -0.05) is 0 Å². The molecule has 0 amide bonds. The highest BCUT2D eigenvalue weighted by Crippen LogP contribution is 2.20. The Morgan fingerprint density at radius 3 is 2.67 bits per heavy atom. The third-order valence-electron chi connectivity index (χ3n) is 1.83. The molecule has 0 saturated heterocycles. The monoisotopic (exact) mass is 166 g/mol. The molecule has 0 aliphatic rings. The van der Waals surface area contributed by atoms with Gasteiger partial charge < -0.3 is 0 Å². The highest BCUT2D eigenvalue weighted by molar-refractivity contribution is 5.18. The van der Waals surface area contributed by atoms with E-state index in [1.54, 1.807) is 6.20 Å². The van der Waals surface area contributed by atoms with E-state index in [0.29, 0.717) is 0 Å². The third kappa shape index (κ3) is 1.81. The van der Waals surface area contributed by atoms with E-state index in [2.05, 4.69) is 4.98 Å². The minimum absolute atomic E-state index is 0.508. The number of nitrogens with two attached hydrogens (primary N) is 1. The SMILES string of the molecule is Cc1ccnc(C(C)(C)ON)c1. The summed E-state index contributed by atoms with van der Waals surface area (Å²) in [5.74, 6) is 5.15. The minimum atomic E-state index is -0.508. The van der Waals surface area contributed by atoms with Gasteiger partial charge in [0, 0.05) is 6.20 Å². The van der Waals surface area contributed by atoms with Crippen molar-refractivity contribution in [2.24, 2.45) is 5.90 Å². The normalized spacial score (nSPS) is 11.7. The lowest BCUT2D eigenvalue weighted by Crippen LogP contribution is -2.26. The van der Waals surface area contributed by atoms with E-state index in [1.165, 1.54) is 0 Å². The molecule has 0 spiro atoms. The van der Waals surface area contributed by atoms with Crippen LogP contribution in [0.15, 0.2) is 18.3 Å². The van der Waals surface area contributed by atoms with Crippen molar-refractivity contribution in [3.05, 3.63) is 29.6 Å². The summed E-state index contributed by atoms with van der Waals surface area (Å²) < 4.78 is 0. The molecule has 3 heteroatoms. The summed E-state index contributed by atoms with van der Waals surface area (Å²) >= 11 is 0. The molecule has 0 radical (unpaired) electrons. The second kappa shape index (κ2) is 3.21. The topological polar surface area (TPSA) is 48.1 Å². The summed E-state index contributed by atoms with van der Waals surface area (Å²) in [4.78, 5) is 8.99. The number of aryl methyl sites for hydroxylation is 1. The molecule has 1 aromatic rings. The molecule has 1 rings (SSSR count). The van der Waals surface area contributed by atoms with Gasteiger partial charge in [0.15, 0.2) is 0 Å². The average molecular weight is 166 g/mol. The second-order valence-electron chi connectivity index (χ2n) is 3.35. The van der Waals surface area contributed by atoms with Crippen molar-refractivity contribution in [1.82, 2.24) is 4.98 Å². The van der Waals surface area contributed by atoms with Gasteiger partial charge in [0.1, 0.15) is 5.60 Å². The van der Waals surface area contributed by atoms with E-state index in [1.807, 2.05) is 32.9 Å². The first-order valence-electron chi connectivity index (χ1n) is 3.87. The molecule has 0 fully saturated rings. The smallest absolute Gasteiger partial charge is 0.125 e. The van der Waals surface area contributed by atoms with Crippen molar-refractivity contribution in [3.63, 3.8) is 0 Å². The van der Waals surface area contributed by atoms with Gasteiger partial charge in [0.25, 0.3) is 0 Å². The van der Waals surface area contributed by atoms with E-state index >= 15 is 0 Å². The van der Waals surface area contributed by atoms with E-state index < -0.39 is 5.60 Å². The van der Waals surface area contributed by atoms with E-state index in [4.69, 9.17) is 10.7 Å². The Morgan fingerprint density at radius 1 is 1.50 bits per heavy atom. The fraction of sp³-hybridized carbons (Fsp3) is 0.444. The lowest BCUT2D eigenvalue weighted by atomic mass is 10.0. The molecule has 1 heterocycles. The second-order valence-corrected chi connectivity index (χ2v) is 3.35. The zero-order valence-electron chi connectivity index (χ0n) is 7.66. The average Bonchev–Trinajstić information content (AvgIpc) is 2.05. The molecule has 1 aromatic heterocycles. The van der Waals surface area contributed by atoms with Crippen molar-refractivity contribution >= 4 is 0 Å². The first kappa shape index (κ1) is 9.16. The van der Waals surface area contributed by atoms with E-state index in [9.17, 15) is 0 Å². The molecule has 0 atom stereocenters. The molecule has 0 aliphatic carbocycles. The fourth-order valence-corrected chi connectivity index (χ4v) is 0.926. The zero-order valence-corrected chi connectivity index (χ0v) is 7.66. The third-order valence-corrected chi connectivity index (χ3v) is 1.83. The Balaban J connectivity index is 3.03. The van der Waals surface area contributed by atoms with Crippen molar-refractivity contribution in [1.29, 1.82) is 0 Å². The Labute approximate surface area is 72.5 Å². The van der Waals surface area contributed by atoms with Crippen LogP contribution in [-0.4, -0.2) is 4.98 Å². The van der Waals surface area contributed by atoms with Gasteiger partial charge in [-0.05, 0) is 38.5 Å². The number of rotatable bonds is 2. The minimum Gasteiger partial charge on any atom is -0.292 e. The van der Waals surface area contributed by atoms with Crippen LogP contribution in [0.4, 0.5) is 0 Å². The molecular formula is C9H14N2O. The van der Waals surface area contributed by atoms with Crippen LogP contribution >= 0.6 is 0 Å². The predicted octanol–water partition coefficient (Wildman–Crippen LogP) is 1.52. The summed E-state index contributed by atoms with van der Waals surface area (Å²) in [6, 6.07) is 3.91. The predicted molar refractivity (Wildman–Crippen MR) is 47.3 cm³/mol. The van der Waals surface area contributed by atoms with Crippen LogP contribution in [0.2, 0.25) is 0 Å². The van der Waals surface area contributed by atoms with Gasteiger partial charge in [0.2, 0.25) is 0 Å². The molecule has 0 bridgehead atoms. The summed E-state index contributed by atoms with van der Waals surface area (Å²) in [6.07, 6.45) is 1.76. The number of nitrogens with zero attached hydrogens (tertiary/aromatic N) is 1. The van der Waals surface area contributed by atoms with Gasteiger partial charge in [0.05, 0.1) is 5.69 Å². The molecule has 2 N–H and O–H groups in total. The zero-order chi connectivity index (χ0) is 9.19. The molecule has 0 aliphatic heterocycles. The van der Waals surface area contributed by atoms with Gasteiger partial charge in [-0.15, -0.1) is 0 Å². The standard InChI is InChI=1S/C9H14N2O/c1-7-4-5-11-8(6-7)9(2,3)12-10/h4-6H,10H2,1-3H3. The molecular weight excluding hydrogens is 152 g/mol. The Bertz CT molecular complexity index is 271. The summed E-state index contributed by atoms with van der Waals surface area (Å²) in [5.41, 5.74) is 1.50. The molecule has 0 saturated carbocycles. The number of hydrogen-bond acceptors (Lipinski definition) is 3. The lowest BCUT2D eigenvalue weighted by molar-refractivity contribution is -0.0268. The molecule has 66 valence electrons. The van der Waals surface area contributed by atoms with Crippen molar-refractivity contribution in [2.45, 2.75) is 26.4 Å².